The number of para-hydroxylation sites is 1. The first-order valence-electron chi connectivity index (χ1n) is 7.03. The van der Waals surface area contributed by atoms with E-state index in [1.807, 2.05) is 24.3 Å². The van der Waals surface area contributed by atoms with Gasteiger partial charge in [-0.15, -0.1) is 23.7 Å². The fraction of sp³-hybridized carbons (Fsp3) is 0.333. The summed E-state index contributed by atoms with van der Waals surface area (Å²) in [4.78, 5) is 0. The molecule has 3 rings (SSSR count). The summed E-state index contributed by atoms with van der Waals surface area (Å²) in [6.07, 6.45) is 0. The molecule has 1 atom stereocenters. The third-order valence-electron chi connectivity index (χ3n) is 3.75. The quantitative estimate of drug-likeness (QED) is 0.893. The van der Waals surface area contributed by atoms with Crippen molar-refractivity contribution in [3.05, 3.63) is 47.3 Å². The van der Waals surface area contributed by atoms with Crippen LogP contribution in [-0.4, -0.2) is 39.5 Å². The van der Waals surface area contributed by atoms with E-state index in [4.69, 9.17) is 4.74 Å². The van der Waals surface area contributed by atoms with Crippen molar-refractivity contribution in [1.82, 2.24) is 9.62 Å². The van der Waals surface area contributed by atoms with E-state index < -0.39 is 10.0 Å². The molecule has 23 heavy (non-hydrogen) atoms. The van der Waals surface area contributed by atoms with Gasteiger partial charge in [-0.25, -0.2) is 8.42 Å². The lowest BCUT2D eigenvalue weighted by Crippen LogP contribution is -2.48. The van der Waals surface area contributed by atoms with Crippen LogP contribution in [0.5, 0.6) is 5.75 Å². The maximum atomic E-state index is 12.9. The second kappa shape index (κ2) is 7.63. The molecule has 1 aliphatic rings. The minimum atomic E-state index is -3.48. The van der Waals surface area contributed by atoms with Crippen molar-refractivity contribution in [3.8, 4) is 5.75 Å². The Labute approximate surface area is 146 Å². The molecule has 2 heterocycles. The summed E-state index contributed by atoms with van der Waals surface area (Å²) in [6.45, 7) is 1.67. The average Bonchev–Trinajstić information content (AvgIpc) is 3.10. The zero-order valence-electron chi connectivity index (χ0n) is 12.6. The highest BCUT2D eigenvalue weighted by Gasteiger charge is 2.36. The molecular formula is C15H19ClN2O3S2. The monoisotopic (exact) mass is 374 g/mol. The molecule has 1 aliphatic heterocycles. The number of rotatable bonds is 4. The van der Waals surface area contributed by atoms with Crippen LogP contribution in [0, 0.1) is 0 Å². The average molecular weight is 375 g/mol. The molecule has 0 spiro atoms. The van der Waals surface area contributed by atoms with Crippen molar-refractivity contribution < 1.29 is 13.2 Å². The first-order valence-corrected chi connectivity index (χ1v) is 9.35. The molecule has 0 radical (unpaired) electrons. The van der Waals surface area contributed by atoms with Gasteiger partial charge in [0.15, 0.2) is 0 Å². The number of piperazine rings is 1. The Hall–Kier alpha value is -1.12. The SMILES string of the molecule is COc1ccccc1C1CNCCN1S(=O)(=O)c1cccs1.Cl. The van der Waals surface area contributed by atoms with Gasteiger partial charge in [-0.05, 0) is 17.5 Å². The van der Waals surface area contributed by atoms with Crippen molar-refractivity contribution in [2.75, 3.05) is 26.7 Å². The molecule has 1 fully saturated rings. The number of nitrogens with zero attached hydrogens (tertiary/aromatic N) is 1. The van der Waals surface area contributed by atoms with Gasteiger partial charge in [0, 0.05) is 25.2 Å². The number of thiophene rings is 1. The van der Waals surface area contributed by atoms with Gasteiger partial charge in [-0.3, -0.25) is 0 Å². The number of methoxy groups -OCH3 is 1. The molecule has 2 aromatic rings. The van der Waals surface area contributed by atoms with Gasteiger partial charge in [0.25, 0.3) is 10.0 Å². The number of halogens is 1. The fourth-order valence-corrected chi connectivity index (χ4v) is 5.43. The van der Waals surface area contributed by atoms with E-state index in [1.165, 1.54) is 11.3 Å². The van der Waals surface area contributed by atoms with Gasteiger partial charge in [-0.1, -0.05) is 24.3 Å². The van der Waals surface area contributed by atoms with Crippen molar-refractivity contribution in [2.45, 2.75) is 10.3 Å². The molecule has 0 amide bonds. The van der Waals surface area contributed by atoms with E-state index in [1.54, 1.807) is 28.9 Å². The normalized spacial score (nSPS) is 19.1. The molecule has 0 saturated carbocycles. The highest BCUT2D eigenvalue weighted by molar-refractivity contribution is 7.91. The van der Waals surface area contributed by atoms with Crippen molar-refractivity contribution in [1.29, 1.82) is 0 Å². The van der Waals surface area contributed by atoms with Gasteiger partial charge in [0.1, 0.15) is 9.96 Å². The lowest BCUT2D eigenvalue weighted by Gasteiger charge is -2.35. The van der Waals surface area contributed by atoms with Crippen LogP contribution in [0.15, 0.2) is 46.0 Å². The summed E-state index contributed by atoms with van der Waals surface area (Å²) in [5, 5.41) is 5.06. The molecule has 1 unspecified atom stereocenters. The highest BCUT2D eigenvalue weighted by Crippen LogP contribution is 2.34. The number of nitrogens with one attached hydrogen (secondary N) is 1. The Morgan fingerprint density at radius 1 is 1.26 bits per heavy atom. The Balaban J connectivity index is 0.00000192. The van der Waals surface area contributed by atoms with Crippen LogP contribution in [0.2, 0.25) is 0 Å². The van der Waals surface area contributed by atoms with Crippen LogP contribution in [0.25, 0.3) is 0 Å². The van der Waals surface area contributed by atoms with Gasteiger partial charge in [0.2, 0.25) is 0 Å². The fourth-order valence-electron chi connectivity index (χ4n) is 2.71. The standard InChI is InChI=1S/C15H18N2O3S2.ClH/c1-20-14-6-3-2-5-12(14)13-11-16-8-9-17(13)22(18,19)15-7-4-10-21-15;/h2-7,10,13,16H,8-9,11H2,1H3;1H. The van der Waals surface area contributed by atoms with Crippen molar-refractivity contribution in [2.24, 2.45) is 0 Å². The second-order valence-electron chi connectivity index (χ2n) is 5.01. The second-order valence-corrected chi connectivity index (χ2v) is 8.07. The first-order chi connectivity index (χ1) is 10.6. The van der Waals surface area contributed by atoms with E-state index in [-0.39, 0.29) is 18.4 Å². The van der Waals surface area contributed by atoms with E-state index in [9.17, 15) is 8.42 Å². The minimum absolute atomic E-state index is 0. The van der Waals surface area contributed by atoms with Crippen LogP contribution in [0.1, 0.15) is 11.6 Å². The Morgan fingerprint density at radius 3 is 2.74 bits per heavy atom. The molecule has 126 valence electrons. The Bertz CT molecular complexity index is 735. The highest BCUT2D eigenvalue weighted by atomic mass is 35.5. The Kier molecular flexibility index (Phi) is 6.05. The van der Waals surface area contributed by atoms with Crippen LogP contribution >= 0.6 is 23.7 Å². The molecule has 1 aromatic heterocycles. The summed E-state index contributed by atoms with van der Waals surface area (Å²) in [6, 6.07) is 10.7. The number of benzene rings is 1. The number of hydrogen-bond acceptors (Lipinski definition) is 5. The van der Waals surface area contributed by atoms with E-state index >= 15 is 0 Å². The van der Waals surface area contributed by atoms with Crippen LogP contribution < -0.4 is 10.1 Å². The molecule has 0 aliphatic carbocycles. The third-order valence-corrected chi connectivity index (χ3v) is 7.03. The lowest BCUT2D eigenvalue weighted by atomic mass is 10.0. The summed E-state index contributed by atoms with van der Waals surface area (Å²) in [5.74, 6) is 0.711. The smallest absolute Gasteiger partial charge is 0.253 e. The third kappa shape index (κ3) is 3.54. The van der Waals surface area contributed by atoms with E-state index in [0.717, 1.165) is 5.56 Å². The van der Waals surface area contributed by atoms with Gasteiger partial charge in [-0.2, -0.15) is 4.31 Å². The first kappa shape index (κ1) is 18.2. The molecule has 1 N–H and O–H groups in total. The predicted octanol–water partition coefficient (Wildman–Crippen LogP) is 2.51. The maximum absolute atomic E-state index is 12.9. The zero-order valence-corrected chi connectivity index (χ0v) is 15.1. The number of sulfonamides is 1. The van der Waals surface area contributed by atoms with E-state index in [2.05, 4.69) is 5.32 Å². The van der Waals surface area contributed by atoms with Crippen LogP contribution in [-0.2, 0) is 10.0 Å². The van der Waals surface area contributed by atoms with Gasteiger partial charge < -0.3 is 10.1 Å². The van der Waals surface area contributed by atoms with Crippen LogP contribution in [0.3, 0.4) is 0 Å². The Morgan fingerprint density at radius 2 is 2.04 bits per heavy atom. The van der Waals surface area contributed by atoms with Gasteiger partial charge >= 0.3 is 0 Å². The topological polar surface area (TPSA) is 58.6 Å². The van der Waals surface area contributed by atoms with Gasteiger partial charge in [0.05, 0.1) is 13.2 Å². The molecule has 5 nitrogen and oxygen atoms in total. The molecule has 1 aromatic carbocycles. The number of hydrogen-bond donors (Lipinski definition) is 1. The largest absolute Gasteiger partial charge is 0.496 e. The summed E-state index contributed by atoms with van der Waals surface area (Å²) >= 11 is 1.25. The maximum Gasteiger partial charge on any atom is 0.253 e. The summed E-state index contributed by atoms with van der Waals surface area (Å²) < 4.78 is 33.2. The van der Waals surface area contributed by atoms with Crippen molar-refractivity contribution >= 4 is 33.8 Å². The molecule has 8 heteroatoms. The predicted molar refractivity (Wildman–Crippen MR) is 94.1 cm³/mol. The lowest BCUT2D eigenvalue weighted by molar-refractivity contribution is 0.265. The zero-order chi connectivity index (χ0) is 15.6. The van der Waals surface area contributed by atoms with Crippen LogP contribution in [0.4, 0.5) is 0 Å². The molecular weight excluding hydrogens is 356 g/mol. The van der Waals surface area contributed by atoms with E-state index in [0.29, 0.717) is 29.6 Å². The van der Waals surface area contributed by atoms with Crippen molar-refractivity contribution in [3.63, 3.8) is 0 Å². The summed E-state index contributed by atoms with van der Waals surface area (Å²) in [7, 11) is -1.88. The number of ether oxygens (including phenoxy) is 1. The molecule has 0 bridgehead atoms. The molecule has 1 saturated heterocycles. The summed E-state index contributed by atoms with van der Waals surface area (Å²) in [5.41, 5.74) is 0.886. The minimum Gasteiger partial charge on any atom is -0.496 e.